The maximum absolute atomic E-state index is 14.0. The maximum atomic E-state index is 14.0. The number of hydrogen-bond donors (Lipinski definition) is 4. The van der Waals surface area contributed by atoms with Crippen LogP contribution in [0, 0.1) is 20.8 Å². The summed E-state index contributed by atoms with van der Waals surface area (Å²) in [5.74, 6) is -1.48. The summed E-state index contributed by atoms with van der Waals surface area (Å²) in [6.45, 7) is 5.11. The molecule has 0 aliphatic carbocycles. The first-order chi connectivity index (χ1) is 22.9. The van der Waals surface area contributed by atoms with Crippen LogP contribution in [0.1, 0.15) is 38.2 Å². The smallest absolute Gasteiger partial charge is 0.323 e. The van der Waals surface area contributed by atoms with Gasteiger partial charge in [-0.1, -0.05) is 60.2 Å². The average molecular weight is 668 g/mol. The topological polar surface area (TPSA) is 162 Å². The number of sulfonamides is 1. The molecule has 5 rings (SSSR count). The van der Waals surface area contributed by atoms with E-state index in [1.54, 1.807) is 50.4 Å². The van der Waals surface area contributed by atoms with E-state index in [1.165, 1.54) is 11.1 Å². The number of aryl methyl sites for hydroxylation is 3. The summed E-state index contributed by atoms with van der Waals surface area (Å²) in [6.07, 6.45) is 3.35. The molecule has 0 fully saturated rings. The number of rotatable bonds is 13. The fraction of sp³-hybridized carbons (Fsp3) is 0.222. The molecule has 5 aromatic rings. The van der Waals surface area contributed by atoms with Crippen LogP contribution < -0.4 is 15.5 Å². The van der Waals surface area contributed by atoms with Crippen LogP contribution in [-0.2, 0) is 27.8 Å². The molecular formula is C36H37N5O6S. The van der Waals surface area contributed by atoms with Gasteiger partial charge in [0.15, 0.2) is 0 Å². The van der Waals surface area contributed by atoms with Gasteiger partial charge in [0.1, 0.15) is 17.4 Å². The first-order valence-corrected chi connectivity index (χ1v) is 16.9. The van der Waals surface area contributed by atoms with E-state index in [9.17, 15) is 27.9 Å². The zero-order chi connectivity index (χ0) is 34.4. The van der Waals surface area contributed by atoms with Crippen molar-refractivity contribution in [2.45, 2.75) is 44.7 Å². The van der Waals surface area contributed by atoms with Crippen molar-refractivity contribution in [1.29, 1.82) is 0 Å². The average Bonchev–Trinajstić information content (AvgIpc) is 3.05. The lowest BCUT2D eigenvalue weighted by Gasteiger charge is -2.27. The van der Waals surface area contributed by atoms with Crippen LogP contribution in [-0.4, -0.2) is 59.4 Å². The highest BCUT2D eigenvalue weighted by molar-refractivity contribution is 7.89. The predicted octanol–water partition coefficient (Wildman–Crippen LogP) is 4.58. The second-order valence-corrected chi connectivity index (χ2v) is 13.4. The standard InChI is InChI=1S/C36H37N5O6S/c1-23-17-24(2)34(25(3)18-23)48(46,47)40-31(36(44)45)22-41(16-14-26-9-5-4-6-10-26)35(43)29-21-38-30-19-27(12-13-28(30)33(29)42)20-39-32-11-7-8-15-37-32/h4-13,15,17-19,21,31,40H,14,16,20,22H2,1-3H3,(H,37,39)(H,38,42)(H,44,45). The van der Waals surface area contributed by atoms with E-state index in [4.69, 9.17) is 0 Å². The number of benzene rings is 3. The van der Waals surface area contributed by atoms with Crippen LogP contribution in [0.5, 0.6) is 0 Å². The van der Waals surface area contributed by atoms with Crippen molar-refractivity contribution in [3.63, 3.8) is 0 Å². The van der Waals surface area contributed by atoms with Gasteiger partial charge in [-0.05, 0) is 73.7 Å². The second-order valence-electron chi connectivity index (χ2n) is 11.7. The SMILES string of the molecule is Cc1cc(C)c(S(=O)(=O)NC(CN(CCc2ccccc2)C(=O)c2c[nH]c3cc(CNc4ccccn4)ccc3c2=O)C(=O)O)c(C)c1. The summed E-state index contributed by atoms with van der Waals surface area (Å²) < 4.78 is 29.3. The molecule has 0 aliphatic rings. The first kappa shape index (κ1) is 34.0. The second kappa shape index (κ2) is 14.6. The summed E-state index contributed by atoms with van der Waals surface area (Å²) in [7, 11) is -4.30. The van der Waals surface area contributed by atoms with E-state index in [0.717, 1.165) is 16.7 Å². The number of anilines is 1. The number of aromatic amines is 1. The molecule has 2 aromatic heterocycles. The summed E-state index contributed by atoms with van der Waals surface area (Å²) in [5.41, 5.74) is 3.38. The number of pyridine rings is 2. The Morgan fingerprint density at radius 1 is 0.938 bits per heavy atom. The van der Waals surface area contributed by atoms with Crippen LogP contribution in [0.15, 0.2) is 101 Å². The van der Waals surface area contributed by atoms with Crippen molar-refractivity contribution in [3.05, 3.63) is 135 Å². The molecule has 0 saturated heterocycles. The Labute approximate surface area is 278 Å². The fourth-order valence-electron chi connectivity index (χ4n) is 5.78. The monoisotopic (exact) mass is 667 g/mol. The Balaban J connectivity index is 1.43. The fourth-order valence-corrected chi connectivity index (χ4v) is 7.41. The number of carbonyl (C=O) groups excluding carboxylic acids is 1. The van der Waals surface area contributed by atoms with Gasteiger partial charge in [-0.15, -0.1) is 0 Å². The van der Waals surface area contributed by atoms with Crippen molar-refractivity contribution < 1.29 is 23.1 Å². The predicted molar refractivity (Wildman–Crippen MR) is 185 cm³/mol. The molecule has 1 atom stereocenters. The molecule has 2 heterocycles. The van der Waals surface area contributed by atoms with Crippen LogP contribution in [0.4, 0.5) is 5.82 Å². The van der Waals surface area contributed by atoms with Crippen LogP contribution in [0.2, 0.25) is 0 Å². The lowest BCUT2D eigenvalue weighted by molar-refractivity contribution is -0.139. The number of hydrogen-bond acceptors (Lipinski definition) is 7. The Hall–Kier alpha value is -5.33. The highest BCUT2D eigenvalue weighted by Crippen LogP contribution is 2.22. The molecule has 0 saturated carbocycles. The van der Waals surface area contributed by atoms with E-state index in [0.29, 0.717) is 35.4 Å². The summed E-state index contributed by atoms with van der Waals surface area (Å²) >= 11 is 0. The van der Waals surface area contributed by atoms with Crippen molar-refractivity contribution >= 4 is 38.6 Å². The third kappa shape index (κ3) is 7.96. The van der Waals surface area contributed by atoms with Crippen LogP contribution in [0.3, 0.4) is 0 Å². The number of H-pyrrole nitrogens is 1. The Bertz CT molecular complexity index is 2100. The molecule has 48 heavy (non-hydrogen) atoms. The van der Waals surface area contributed by atoms with Gasteiger partial charge in [-0.3, -0.25) is 14.4 Å². The Morgan fingerprint density at radius 2 is 1.65 bits per heavy atom. The molecule has 1 unspecified atom stereocenters. The van der Waals surface area contributed by atoms with Gasteiger partial charge >= 0.3 is 5.97 Å². The number of fused-ring (bicyclic) bond motifs is 1. The lowest BCUT2D eigenvalue weighted by atomic mass is 10.1. The van der Waals surface area contributed by atoms with Gasteiger partial charge in [-0.25, -0.2) is 13.4 Å². The molecule has 1 amide bonds. The normalized spacial score (nSPS) is 12.1. The van der Waals surface area contributed by atoms with Crippen LogP contribution >= 0.6 is 0 Å². The number of carboxylic acid groups (broad SMARTS) is 1. The van der Waals surface area contributed by atoms with Gasteiger partial charge in [0.25, 0.3) is 5.91 Å². The van der Waals surface area contributed by atoms with E-state index >= 15 is 0 Å². The molecule has 0 radical (unpaired) electrons. The minimum atomic E-state index is -4.30. The number of aliphatic carboxylic acids is 1. The third-order valence-electron chi connectivity index (χ3n) is 7.99. The first-order valence-electron chi connectivity index (χ1n) is 15.4. The lowest BCUT2D eigenvalue weighted by Crippen LogP contribution is -2.51. The number of amides is 1. The van der Waals surface area contributed by atoms with E-state index in [-0.39, 0.29) is 22.4 Å². The highest BCUT2D eigenvalue weighted by atomic mass is 32.2. The van der Waals surface area contributed by atoms with Gasteiger partial charge in [0, 0.05) is 42.9 Å². The quantitative estimate of drug-likeness (QED) is 0.142. The molecule has 248 valence electrons. The van der Waals surface area contributed by atoms with E-state index in [1.807, 2.05) is 55.5 Å². The van der Waals surface area contributed by atoms with Crippen molar-refractivity contribution in [2.24, 2.45) is 0 Å². The molecular weight excluding hydrogens is 630 g/mol. The third-order valence-corrected chi connectivity index (χ3v) is 9.76. The maximum Gasteiger partial charge on any atom is 0.323 e. The molecule has 11 nitrogen and oxygen atoms in total. The minimum absolute atomic E-state index is 0.0120. The molecule has 12 heteroatoms. The number of nitrogens with one attached hydrogen (secondary N) is 3. The van der Waals surface area contributed by atoms with Gasteiger partial charge in [0.2, 0.25) is 15.5 Å². The molecule has 3 aromatic carbocycles. The van der Waals surface area contributed by atoms with Crippen LogP contribution in [0.25, 0.3) is 10.9 Å². The molecule has 4 N–H and O–H groups in total. The minimum Gasteiger partial charge on any atom is -0.480 e. The molecule has 0 aliphatic heterocycles. The Kier molecular flexibility index (Phi) is 10.4. The number of carbonyl (C=O) groups is 2. The van der Waals surface area contributed by atoms with Gasteiger partial charge < -0.3 is 20.3 Å². The Morgan fingerprint density at radius 3 is 2.31 bits per heavy atom. The van der Waals surface area contributed by atoms with Crippen molar-refractivity contribution in [2.75, 3.05) is 18.4 Å². The largest absolute Gasteiger partial charge is 0.480 e. The summed E-state index contributed by atoms with van der Waals surface area (Å²) in [5, 5.41) is 13.6. The van der Waals surface area contributed by atoms with E-state index < -0.39 is 39.9 Å². The van der Waals surface area contributed by atoms with Crippen molar-refractivity contribution in [1.82, 2.24) is 19.6 Å². The number of nitrogens with zero attached hydrogens (tertiary/aromatic N) is 2. The summed E-state index contributed by atoms with van der Waals surface area (Å²) in [6, 6.07) is 21.7. The van der Waals surface area contributed by atoms with Gasteiger partial charge in [0.05, 0.1) is 4.90 Å². The highest BCUT2D eigenvalue weighted by Gasteiger charge is 2.32. The number of carboxylic acids is 1. The molecule has 0 spiro atoms. The molecule has 0 bridgehead atoms. The number of aromatic nitrogens is 2. The zero-order valence-corrected chi connectivity index (χ0v) is 27.7. The van der Waals surface area contributed by atoms with E-state index in [2.05, 4.69) is 20.0 Å². The zero-order valence-electron chi connectivity index (χ0n) is 26.9. The van der Waals surface area contributed by atoms with Gasteiger partial charge in [-0.2, -0.15) is 4.72 Å². The summed E-state index contributed by atoms with van der Waals surface area (Å²) in [4.78, 5) is 48.6. The van der Waals surface area contributed by atoms with Crippen molar-refractivity contribution in [3.8, 4) is 0 Å².